The number of carbonyl (C=O) groups is 1. The Morgan fingerprint density at radius 1 is 1.06 bits per heavy atom. The van der Waals surface area contributed by atoms with E-state index < -0.39 is 0 Å². The van der Waals surface area contributed by atoms with Crippen LogP contribution in [0.5, 0.6) is 23.0 Å². The highest BCUT2D eigenvalue weighted by Gasteiger charge is 2.30. The predicted octanol–water partition coefficient (Wildman–Crippen LogP) is 3.50. The van der Waals surface area contributed by atoms with Crippen LogP contribution in [0.4, 0.5) is 0 Å². The van der Waals surface area contributed by atoms with Gasteiger partial charge in [0.25, 0.3) is 5.91 Å². The van der Waals surface area contributed by atoms with Crippen molar-refractivity contribution in [2.45, 2.75) is 18.8 Å². The van der Waals surface area contributed by atoms with E-state index in [1.807, 2.05) is 23.1 Å². The molecule has 2 aliphatic rings. The summed E-state index contributed by atoms with van der Waals surface area (Å²) in [4.78, 5) is 19.5. The highest BCUT2D eigenvalue weighted by molar-refractivity contribution is 5.97. The molecule has 0 saturated carbocycles. The van der Waals surface area contributed by atoms with Crippen LogP contribution in [0.3, 0.4) is 0 Å². The second kappa shape index (κ2) is 8.41. The molecule has 0 spiro atoms. The molecule has 3 aromatic rings. The zero-order valence-corrected chi connectivity index (χ0v) is 17.9. The molecular weight excluding hydrogens is 414 g/mol. The largest absolute Gasteiger partial charge is 0.493 e. The van der Waals surface area contributed by atoms with E-state index in [1.165, 1.54) is 7.11 Å². The molecule has 1 amide bonds. The number of amides is 1. The van der Waals surface area contributed by atoms with Crippen LogP contribution in [0.2, 0.25) is 0 Å². The number of aromatic nitrogens is 2. The monoisotopic (exact) mass is 437 g/mol. The van der Waals surface area contributed by atoms with Crippen molar-refractivity contribution in [3.05, 3.63) is 47.9 Å². The van der Waals surface area contributed by atoms with Gasteiger partial charge in [-0.1, -0.05) is 11.2 Å². The number of methoxy groups -OCH3 is 2. The molecule has 1 fully saturated rings. The van der Waals surface area contributed by atoms with Gasteiger partial charge in [-0.3, -0.25) is 4.79 Å². The Labute approximate surface area is 184 Å². The van der Waals surface area contributed by atoms with Crippen LogP contribution in [0.25, 0.3) is 11.4 Å². The summed E-state index contributed by atoms with van der Waals surface area (Å²) in [6, 6.07) is 10.9. The third-order valence-electron chi connectivity index (χ3n) is 5.84. The van der Waals surface area contributed by atoms with Crippen LogP contribution in [0.1, 0.15) is 35.0 Å². The van der Waals surface area contributed by atoms with E-state index in [-0.39, 0.29) is 18.6 Å². The Balaban J connectivity index is 1.26. The zero-order chi connectivity index (χ0) is 22.1. The standard InChI is InChI=1S/C23H23N3O6/c1-28-18-5-3-4-16(20(18)29-2)23(27)26-10-8-14(9-11-26)22-24-21(25-32-22)15-6-7-17-19(12-15)31-13-30-17/h3-7,12,14H,8-11,13H2,1-2H3. The number of hydrogen-bond donors (Lipinski definition) is 0. The molecule has 166 valence electrons. The van der Waals surface area contributed by atoms with Gasteiger partial charge in [0.15, 0.2) is 23.0 Å². The molecule has 0 aliphatic carbocycles. The maximum atomic E-state index is 13.1. The third-order valence-corrected chi connectivity index (χ3v) is 5.84. The summed E-state index contributed by atoms with van der Waals surface area (Å²) in [7, 11) is 3.09. The van der Waals surface area contributed by atoms with Gasteiger partial charge in [0.05, 0.1) is 19.8 Å². The summed E-state index contributed by atoms with van der Waals surface area (Å²) in [6.45, 7) is 1.40. The topological polar surface area (TPSA) is 96.2 Å². The quantitative estimate of drug-likeness (QED) is 0.598. The minimum absolute atomic E-state index is 0.0780. The smallest absolute Gasteiger partial charge is 0.257 e. The minimum Gasteiger partial charge on any atom is -0.493 e. The highest BCUT2D eigenvalue weighted by atomic mass is 16.7. The molecule has 2 aliphatic heterocycles. The summed E-state index contributed by atoms with van der Waals surface area (Å²) in [5.41, 5.74) is 1.30. The molecule has 0 bridgehead atoms. The lowest BCUT2D eigenvalue weighted by Gasteiger charge is -2.30. The lowest BCUT2D eigenvalue weighted by Crippen LogP contribution is -2.38. The number of fused-ring (bicyclic) bond motifs is 1. The van der Waals surface area contributed by atoms with E-state index in [4.69, 9.17) is 23.5 Å². The number of likely N-dealkylation sites (tertiary alicyclic amines) is 1. The van der Waals surface area contributed by atoms with Crippen LogP contribution in [-0.4, -0.2) is 55.0 Å². The number of benzene rings is 2. The Hall–Kier alpha value is -3.75. The van der Waals surface area contributed by atoms with Gasteiger partial charge in [0.1, 0.15) is 0 Å². The number of hydrogen-bond acceptors (Lipinski definition) is 8. The maximum Gasteiger partial charge on any atom is 0.257 e. The minimum atomic E-state index is -0.0780. The van der Waals surface area contributed by atoms with Gasteiger partial charge in [0.2, 0.25) is 18.5 Å². The van der Waals surface area contributed by atoms with Crippen molar-refractivity contribution >= 4 is 5.91 Å². The fourth-order valence-corrected chi connectivity index (χ4v) is 4.11. The van der Waals surface area contributed by atoms with Gasteiger partial charge in [0, 0.05) is 24.6 Å². The Morgan fingerprint density at radius 3 is 2.66 bits per heavy atom. The number of piperidine rings is 1. The molecule has 32 heavy (non-hydrogen) atoms. The molecule has 5 rings (SSSR count). The lowest BCUT2D eigenvalue weighted by molar-refractivity contribution is 0.0700. The average molecular weight is 437 g/mol. The van der Waals surface area contributed by atoms with Gasteiger partial charge in [-0.2, -0.15) is 4.98 Å². The summed E-state index contributed by atoms with van der Waals surface area (Å²) in [5.74, 6) is 3.49. The van der Waals surface area contributed by atoms with Crippen molar-refractivity contribution in [1.82, 2.24) is 15.0 Å². The molecule has 0 radical (unpaired) electrons. The van der Waals surface area contributed by atoms with Gasteiger partial charge >= 0.3 is 0 Å². The van der Waals surface area contributed by atoms with Gasteiger partial charge in [-0.05, 0) is 43.2 Å². The summed E-state index contributed by atoms with van der Waals surface area (Å²) in [5, 5.41) is 4.14. The molecule has 0 unspecified atom stereocenters. The summed E-state index contributed by atoms with van der Waals surface area (Å²) >= 11 is 0. The van der Waals surface area contributed by atoms with Crippen LogP contribution in [0, 0.1) is 0 Å². The summed E-state index contributed by atoms with van der Waals surface area (Å²) in [6.07, 6.45) is 1.47. The van der Waals surface area contributed by atoms with Crippen molar-refractivity contribution in [2.75, 3.05) is 34.1 Å². The van der Waals surface area contributed by atoms with Crippen LogP contribution in [0.15, 0.2) is 40.9 Å². The molecule has 3 heterocycles. The lowest BCUT2D eigenvalue weighted by atomic mass is 9.96. The molecule has 1 aromatic heterocycles. The maximum absolute atomic E-state index is 13.1. The third kappa shape index (κ3) is 3.59. The van der Waals surface area contributed by atoms with Crippen LogP contribution >= 0.6 is 0 Å². The number of rotatable bonds is 5. The van der Waals surface area contributed by atoms with Crippen LogP contribution in [-0.2, 0) is 0 Å². The Kier molecular flexibility index (Phi) is 5.30. The van der Waals surface area contributed by atoms with Crippen LogP contribution < -0.4 is 18.9 Å². The Bertz CT molecular complexity index is 1140. The van der Waals surface area contributed by atoms with E-state index in [0.717, 1.165) is 18.4 Å². The molecule has 2 aromatic carbocycles. The molecule has 1 saturated heterocycles. The number of carbonyl (C=O) groups excluding carboxylic acids is 1. The van der Waals surface area contributed by atoms with E-state index >= 15 is 0 Å². The van der Waals surface area contributed by atoms with E-state index in [9.17, 15) is 4.79 Å². The Morgan fingerprint density at radius 2 is 1.88 bits per heavy atom. The first-order valence-electron chi connectivity index (χ1n) is 10.4. The normalized spacial score (nSPS) is 15.6. The number of para-hydroxylation sites is 1. The van der Waals surface area contributed by atoms with E-state index in [1.54, 1.807) is 25.3 Å². The molecule has 9 heteroatoms. The van der Waals surface area contributed by atoms with Crippen molar-refractivity contribution < 1.29 is 28.3 Å². The second-order valence-corrected chi connectivity index (χ2v) is 7.63. The van der Waals surface area contributed by atoms with E-state index in [2.05, 4.69) is 10.1 Å². The van der Waals surface area contributed by atoms with Gasteiger partial charge in [-0.25, -0.2) is 0 Å². The average Bonchev–Trinajstić information content (AvgIpc) is 3.52. The number of nitrogens with zero attached hydrogens (tertiary/aromatic N) is 3. The van der Waals surface area contributed by atoms with Crippen molar-refractivity contribution in [3.8, 4) is 34.4 Å². The zero-order valence-electron chi connectivity index (χ0n) is 17.9. The fourth-order valence-electron chi connectivity index (χ4n) is 4.11. The molecular formula is C23H23N3O6. The first-order chi connectivity index (χ1) is 15.7. The van der Waals surface area contributed by atoms with E-state index in [0.29, 0.717) is 53.4 Å². The molecule has 0 N–H and O–H groups in total. The van der Waals surface area contributed by atoms with Gasteiger partial charge in [-0.15, -0.1) is 0 Å². The summed E-state index contributed by atoms with van der Waals surface area (Å²) < 4.78 is 27.1. The second-order valence-electron chi connectivity index (χ2n) is 7.63. The molecule has 0 atom stereocenters. The van der Waals surface area contributed by atoms with Gasteiger partial charge < -0.3 is 28.4 Å². The first-order valence-corrected chi connectivity index (χ1v) is 10.4. The number of ether oxygens (including phenoxy) is 4. The molecule has 9 nitrogen and oxygen atoms in total. The van der Waals surface area contributed by atoms with Crippen molar-refractivity contribution in [1.29, 1.82) is 0 Å². The fraction of sp³-hybridized carbons (Fsp3) is 0.348. The highest BCUT2D eigenvalue weighted by Crippen LogP contribution is 2.37. The SMILES string of the molecule is COc1cccc(C(=O)N2CCC(c3nc(-c4ccc5c(c4)OCO5)no3)CC2)c1OC. The predicted molar refractivity (Wildman–Crippen MR) is 113 cm³/mol. The van der Waals surface area contributed by atoms with Crippen molar-refractivity contribution in [3.63, 3.8) is 0 Å². The first kappa shape index (κ1) is 20.2. The van der Waals surface area contributed by atoms with Crippen molar-refractivity contribution in [2.24, 2.45) is 0 Å².